The highest BCUT2D eigenvalue weighted by atomic mass is 16.5. The number of ether oxygens (including phenoxy) is 2. The van der Waals surface area contributed by atoms with Crippen LogP contribution in [-0.2, 0) is 4.74 Å². The Kier molecular flexibility index (Phi) is 5.78. The fourth-order valence-corrected chi connectivity index (χ4v) is 2.01. The highest BCUT2D eigenvalue weighted by Gasteiger charge is 2.23. The maximum Gasteiger partial charge on any atom is 0.345 e. The van der Waals surface area contributed by atoms with Crippen LogP contribution in [0.1, 0.15) is 29.9 Å². The minimum absolute atomic E-state index is 0.0719. The summed E-state index contributed by atoms with van der Waals surface area (Å²) in [5.74, 6) is -0.145. The third-order valence-electron chi connectivity index (χ3n) is 3.00. The molecule has 0 saturated carbocycles. The minimum atomic E-state index is -0.610. The molecule has 2 amide bonds. The maximum atomic E-state index is 12.2. The van der Waals surface area contributed by atoms with E-state index in [4.69, 9.17) is 14.0 Å². The molecule has 0 atom stereocenters. The number of esters is 1. The van der Waals surface area contributed by atoms with Gasteiger partial charge in [0.2, 0.25) is 5.88 Å². The SMILES string of the molecule is CCOC(=O)c1c(C)noc1NC(=O)Nc1ccccc1OCC. The maximum absolute atomic E-state index is 12.2. The lowest BCUT2D eigenvalue weighted by Crippen LogP contribution is -2.21. The molecule has 2 rings (SSSR count). The predicted octanol–water partition coefficient (Wildman–Crippen LogP) is 3.20. The molecule has 2 N–H and O–H groups in total. The average Bonchev–Trinajstić information content (AvgIpc) is 2.90. The van der Waals surface area contributed by atoms with Gasteiger partial charge in [0.15, 0.2) is 0 Å². The van der Waals surface area contributed by atoms with Gasteiger partial charge >= 0.3 is 12.0 Å². The third-order valence-corrected chi connectivity index (χ3v) is 3.00. The zero-order valence-corrected chi connectivity index (χ0v) is 13.7. The topological polar surface area (TPSA) is 103 Å². The number of nitrogens with one attached hydrogen (secondary N) is 2. The van der Waals surface area contributed by atoms with Crippen molar-refractivity contribution in [3.05, 3.63) is 35.5 Å². The van der Waals surface area contributed by atoms with E-state index in [9.17, 15) is 9.59 Å². The van der Waals surface area contributed by atoms with Gasteiger partial charge in [-0.1, -0.05) is 17.3 Å². The van der Waals surface area contributed by atoms with Gasteiger partial charge in [0.1, 0.15) is 11.3 Å². The summed E-state index contributed by atoms with van der Waals surface area (Å²) in [6, 6.07) is 6.40. The molecule has 8 heteroatoms. The van der Waals surface area contributed by atoms with Gasteiger partial charge in [0, 0.05) is 0 Å². The largest absolute Gasteiger partial charge is 0.492 e. The van der Waals surface area contributed by atoms with Crippen molar-refractivity contribution in [1.29, 1.82) is 0 Å². The van der Waals surface area contributed by atoms with Crippen molar-refractivity contribution >= 4 is 23.6 Å². The van der Waals surface area contributed by atoms with Gasteiger partial charge in [-0.25, -0.2) is 9.59 Å². The fourth-order valence-electron chi connectivity index (χ4n) is 2.01. The highest BCUT2D eigenvalue weighted by Crippen LogP contribution is 2.25. The summed E-state index contributed by atoms with van der Waals surface area (Å²) in [5.41, 5.74) is 0.911. The van der Waals surface area contributed by atoms with E-state index in [1.54, 1.807) is 38.1 Å². The molecule has 8 nitrogen and oxygen atoms in total. The highest BCUT2D eigenvalue weighted by molar-refractivity contribution is 6.04. The zero-order chi connectivity index (χ0) is 17.5. The second-order valence-corrected chi connectivity index (χ2v) is 4.70. The Morgan fingerprint density at radius 3 is 2.62 bits per heavy atom. The molecule has 0 fully saturated rings. The van der Waals surface area contributed by atoms with Crippen molar-refractivity contribution in [3.63, 3.8) is 0 Å². The summed E-state index contributed by atoms with van der Waals surface area (Å²) in [6.45, 7) is 5.79. The molecular formula is C16H19N3O5. The smallest absolute Gasteiger partial charge is 0.345 e. The number of rotatable bonds is 6. The van der Waals surface area contributed by atoms with E-state index >= 15 is 0 Å². The predicted molar refractivity (Wildman–Crippen MR) is 87.4 cm³/mol. The molecule has 0 aliphatic rings. The number of para-hydroxylation sites is 2. The van der Waals surface area contributed by atoms with Gasteiger partial charge in [-0.05, 0) is 32.9 Å². The number of hydrogen-bond donors (Lipinski definition) is 2. The number of hydrogen-bond acceptors (Lipinski definition) is 6. The van der Waals surface area contributed by atoms with E-state index in [2.05, 4.69) is 15.8 Å². The Morgan fingerprint density at radius 2 is 1.92 bits per heavy atom. The van der Waals surface area contributed by atoms with Crippen LogP contribution in [0.15, 0.2) is 28.8 Å². The molecule has 0 spiro atoms. The average molecular weight is 333 g/mol. The molecule has 24 heavy (non-hydrogen) atoms. The number of urea groups is 1. The Bertz CT molecular complexity index is 726. The molecule has 2 aromatic rings. The summed E-state index contributed by atoms with van der Waals surface area (Å²) >= 11 is 0. The first kappa shape index (κ1) is 17.3. The van der Waals surface area contributed by atoms with E-state index in [0.717, 1.165) is 0 Å². The molecule has 0 radical (unpaired) electrons. The summed E-state index contributed by atoms with van der Waals surface area (Å²) in [4.78, 5) is 24.1. The fraction of sp³-hybridized carbons (Fsp3) is 0.312. The van der Waals surface area contributed by atoms with Gasteiger partial charge in [0.05, 0.1) is 24.6 Å². The van der Waals surface area contributed by atoms with Crippen LogP contribution >= 0.6 is 0 Å². The molecule has 128 valence electrons. The van der Waals surface area contributed by atoms with Crippen molar-refractivity contribution in [2.75, 3.05) is 23.8 Å². The van der Waals surface area contributed by atoms with Crippen LogP contribution in [0.3, 0.4) is 0 Å². The second-order valence-electron chi connectivity index (χ2n) is 4.70. The van der Waals surface area contributed by atoms with Crippen molar-refractivity contribution in [2.45, 2.75) is 20.8 Å². The first-order chi connectivity index (χ1) is 11.6. The van der Waals surface area contributed by atoms with Crippen molar-refractivity contribution < 1.29 is 23.6 Å². The van der Waals surface area contributed by atoms with Gasteiger partial charge in [0.25, 0.3) is 0 Å². The lowest BCUT2D eigenvalue weighted by molar-refractivity contribution is 0.0526. The van der Waals surface area contributed by atoms with E-state index < -0.39 is 12.0 Å². The first-order valence-electron chi connectivity index (χ1n) is 7.50. The van der Waals surface area contributed by atoms with Crippen molar-refractivity contribution in [2.24, 2.45) is 0 Å². The molecule has 0 saturated heterocycles. The number of carbonyl (C=O) groups excluding carboxylic acids is 2. The summed E-state index contributed by atoms with van der Waals surface area (Å²) in [7, 11) is 0. The molecule has 0 unspecified atom stereocenters. The summed E-state index contributed by atoms with van der Waals surface area (Å²) in [6.07, 6.45) is 0. The van der Waals surface area contributed by atoms with Crippen LogP contribution in [0.5, 0.6) is 5.75 Å². The molecule has 0 aliphatic carbocycles. The normalized spacial score (nSPS) is 10.1. The van der Waals surface area contributed by atoms with Crippen LogP contribution in [0.2, 0.25) is 0 Å². The summed E-state index contributed by atoms with van der Waals surface area (Å²) < 4.78 is 15.4. The lowest BCUT2D eigenvalue weighted by Gasteiger charge is -2.11. The van der Waals surface area contributed by atoms with E-state index in [1.165, 1.54) is 0 Å². The molecular weight excluding hydrogens is 314 g/mol. The molecule has 1 aromatic carbocycles. The van der Waals surface area contributed by atoms with Gasteiger partial charge in [-0.2, -0.15) is 0 Å². The second kappa shape index (κ2) is 8.00. The zero-order valence-electron chi connectivity index (χ0n) is 13.7. The number of aromatic nitrogens is 1. The van der Waals surface area contributed by atoms with E-state index in [-0.39, 0.29) is 18.1 Å². The van der Waals surface area contributed by atoms with Crippen molar-refractivity contribution in [1.82, 2.24) is 5.16 Å². The number of nitrogens with zero attached hydrogens (tertiary/aromatic N) is 1. The number of anilines is 2. The van der Waals surface area contributed by atoms with E-state index in [1.807, 2.05) is 6.92 Å². The van der Waals surface area contributed by atoms with Gasteiger partial charge in [-0.3, -0.25) is 5.32 Å². The number of amides is 2. The third kappa shape index (κ3) is 4.03. The Balaban J connectivity index is 2.12. The monoisotopic (exact) mass is 333 g/mol. The van der Waals surface area contributed by atoms with E-state index in [0.29, 0.717) is 23.7 Å². The Labute approximate surface area is 139 Å². The molecule has 1 heterocycles. The summed E-state index contributed by atoms with van der Waals surface area (Å²) in [5, 5.41) is 8.77. The number of carbonyl (C=O) groups is 2. The van der Waals surface area contributed by atoms with Crippen LogP contribution in [0.25, 0.3) is 0 Å². The molecule has 0 aliphatic heterocycles. The van der Waals surface area contributed by atoms with Gasteiger partial charge in [-0.15, -0.1) is 0 Å². The van der Waals surface area contributed by atoms with Crippen LogP contribution < -0.4 is 15.4 Å². The lowest BCUT2D eigenvalue weighted by atomic mass is 10.2. The molecule has 1 aromatic heterocycles. The first-order valence-corrected chi connectivity index (χ1v) is 7.50. The van der Waals surface area contributed by atoms with Crippen LogP contribution in [-0.4, -0.2) is 30.4 Å². The Morgan fingerprint density at radius 1 is 1.17 bits per heavy atom. The van der Waals surface area contributed by atoms with Gasteiger partial charge < -0.3 is 19.3 Å². The van der Waals surface area contributed by atoms with Crippen LogP contribution in [0, 0.1) is 6.92 Å². The van der Waals surface area contributed by atoms with Crippen LogP contribution in [0.4, 0.5) is 16.4 Å². The number of aryl methyl sites for hydroxylation is 1. The minimum Gasteiger partial charge on any atom is -0.492 e. The standard InChI is InChI=1S/C16H19N3O5/c1-4-22-12-9-7-6-8-11(12)17-16(21)18-14-13(10(3)19-24-14)15(20)23-5-2/h6-9H,4-5H2,1-3H3,(H2,17,18,21). The molecule has 0 bridgehead atoms. The quantitative estimate of drug-likeness (QED) is 0.787. The van der Waals surface area contributed by atoms with Crippen molar-refractivity contribution in [3.8, 4) is 5.75 Å². The Hall–Kier alpha value is -3.03. The number of benzene rings is 1.